The van der Waals surface area contributed by atoms with Crippen LogP contribution in [0.15, 0.2) is 36.4 Å². The van der Waals surface area contributed by atoms with Crippen LogP contribution in [-0.4, -0.2) is 40.0 Å². The van der Waals surface area contributed by atoms with Crippen LogP contribution in [0.1, 0.15) is 36.8 Å². The Kier molecular flexibility index (Phi) is 6.70. The van der Waals surface area contributed by atoms with Crippen molar-refractivity contribution < 1.29 is 9.59 Å². The third-order valence-electron chi connectivity index (χ3n) is 4.56. The summed E-state index contributed by atoms with van der Waals surface area (Å²) >= 11 is 1.43. The van der Waals surface area contributed by atoms with Gasteiger partial charge in [-0.1, -0.05) is 48.6 Å². The summed E-state index contributed by atoms with van der Waals surface area (Å²) in [6, 6.07) is 9.75. The zero-order valence-corrected chi connectivity index (χ0v) is 16.2. The average Bonchev–Trinajstić information content (AvgIpc) is 3.14. The van der Waals surface area contributed by atoms with E-state index in [1.54, 1.807) is 11.0 Å². The summed E-state index contributed by atoms with van der Waals surface area (Å²) < 4.78 is 0. The third kappa shape index (κ3) is 5.47. The summed E-state index contributed by atoms with van der Waals surface area (Å²) in [5, 5.41) is 12.5. The van der Waals surface area contributed by atoms with E-state index in [9.17, 15) is 9.59 Å². The van der Waals surface area contributed by atoms with Gasteiger partial charge in [-0.2, -0.15) is 0 Å². The normalized spacial score (nSPS) is 15.2. The Morgan fingerprint density at radius 1 is 1.22 bits per heavy atom. The number of carbonyl (C=O) groups excluding carboxylic acids is 2. The second-order valence-corrected chi connectivity index (χ2v) is 7.65. The molecule has 27 heavy (non-hydrogen) atoms. The molecule has 0 atom stereocenters. The van der Waals surface area contributed by atoms with E-state index >= 15 is 0 Å². The molecule has 0 spiro atoms. The number of carbonyl (C=O) groups is 2. The first-order valence-corrected chi connectivity index (χ1v) is 10.1. The van der Waals surface area contributed by atoms with Gasteiger partial charge in [-0.25, -0.2) is 0 Å². The number of anilines is 1. The van der Waals surface area contributed by atoms with E-state index in [1.807, 2.05) is 36.4 Å². The first-order valence-electron chi connectivity index (χ1n) is 9.31. The van der Waals surface area contributed by atoms with Crippen LogP contribution in [0, 0.1) is 5.92 Å². The lowest BCUT2D eigenvalue weighted by Gasteiger charge is -2.30. The van der Waals surface area contributed by atoms with Gasteiger partial charge >= 0.3 is 0 Å². The second kappa shape index (κ2) is 9.41. The van der Waals surface area contributed by atoms with Crippen molar-refractivity contribution in [2.45, 2.75) is 32.6 Å². The summed E-state index contributed by atoms with van der Waals surface area (Å²) in [6.45, 7) is 3.27. The SMILES string of the molecule is CCCc1nnc(NC(=O)C2CCN(C(=O)/C=C/c3ccccc3)CC2)s1. The first-order chi connectivity index (χ1) is 13.2. The summed E-state index contributed by atoms with van der Waals surface area (Å²) in [5.74, 6) is -0.127. The molecule has 2 heterocycles. The molecule has 1 aromatic heterocycles. The van der Waals surface area contributed by atoms with Crippen molar-refractivity contribution in [1.82, 2.24) is 15.1 Å². The van der Waals surface area contributed by atoms with Crippen molar-refractivity contribution in [1.29, 1.82) is 0 Å². The molecule has 1 aromatic carbocycles. The Bertz CT molecular complexity index is 795. The van der Waals surface area contributed by atoms with Crippen LogP contribution in [0.4, 0.5) is 5.13 Å². The lowest BCUT2D eigenvalue weighted by Crippen LogP contribution is -2.40. The van der Waals surface area contributed by atoms with E-state index in [1.165, 1.54) is 11.3 Å². The number of hydrogen-bond acceptors (Lipinski definition) is 5. The predicted octanol–water partition coefficient (Wildman–Crippen LogP) is 3.38. The van der Waals surface area contributed by atoms with E-state index in [0.29, 0.717) is 31.1 Å². The minimum absolute atomic E-state index is 0.00829. The van der Waals surface area contributed by atoms with Gasteiger partial charge in [0.1, 0.15) is 5.01 Å². The largest absolute Gasteiger partial charge is 0.339 e. The molecular formula is C20H24N4O2S. The van der Waals surface area contributed by atoms with Crippen LogP contribution in [0.25, 0.3) is 6.08 Å². The zero-order valence-electron chi connectivity index (χ0n) is 15.4. The molecule has 2 aromatic rings. The first kappa shape index (κ1) is 19.2. The molecule has 1 aliphatic rings. The lowest BCUT2D eigenvalue weighted by molar-refractivity contribution is -0.130. The molecule has 0 bridgehead atoms. The number of rotatable bonds is 6. The van der Waals surface area contributed by atoms with Gasteiger partial charge in [0, 0.05) is 31.5 Å². The number of amides is 2. The van der Waals surface area contributed by atoms with Gasteiger partial charge in [0.2, 0.25) is 16.9 Å². The Labute approximate surface area is 163 Å². The number of likely N-dealkylation sites (tertiary alicyclic amines) is 1. The number of nitrogens with zero attached hydrogens (tertiary/aromatic N) is 3. The molecule has 2 amide bonds. The minimum Gasteiger partial charge on any atom is -0.339 e. The number of aryl methyl sites for hydroxylation is 1. The highest BCUT2D eigenvalue weighted by Gasteiger charge is 2.27. The fourth-order valence-corrected chi connectivity index (χ4v) is 3.87. The molecule has 1 fully saturated rings. The summed E-state index contributed by atoms with van der Waals surface area (Å²) in [6.07, 6.45) is 6.64. The quantitative estimate of drug-likeness (QED) is 0.775. The number of nitrogens with one attached hydrogen (secondary N) is 1. The van der Waals surface area contributed by atoms with Gasteiger partial charge in [0.15, 0.2) is 0 Å². The number of aromatic nitrogens is 2. The molecule has 0 saturated carbocycles. The molecule has 1 N–H and O–H groups in total. The predicted molar refractivity (Wildman–Crippen MR) is 107 cm³/mol. The third-order valence-corrected chi connectivity index (χ3v) is 5.45. The molecule has 6 nitrogen and oxygen atoms in total. The Morgan fingerprint density at radius 3 is 2.67 bits per heavy atom. The van der Waals surface area contributed by atoms with Crippen molar-refractivity contribution in [2.24, 2.45) is 5.92 Å². The zero-order chi connectivity index (χ0) is 19.1. The molecule has 142 valence electrons. The highest BCUT2D eigenvalue weighted by molar-refractivity contribution is 7.15. The highest BCUT2D eigenvalue weighted by Crippen LogP contribution is 2.22. The van der Waals surface area contributed by atoms with Gasteiger partial charge in [-0.15, -0.1) is 10.2 Å². The van der Waals surface area contributed by atoms with E-state index in [-0.39, 0.29) is 17.7 Å². The van der Waals surface area contributed by atoms with Gasteiger partial charge in [-0.05, 0) is 30.9 Å². The highest BCUT2D eigenvalue weighted by atomic mass is 32.1. The Morgan fingerprint density at radius 2 is 1.96 bits per heavy atom. The molecule has 3 rings (SSSR count). The lowest BCUT2D eigenvalue weighted by atomic mass is 9.96. The maximum absolute atomic E-state index is 12.4. The van der Waals surface area contributed by atoms with Crippen molar-refractivity contribution >= 4 is 34.4 Å². The molecule has 0 unspecified atom stereocenters. The monoisotopic (exact) mass is 384 g/mol. The maximum atomic E-state index is 12.4. The summed E-state index contributed by atoms with van der Waals surface area (Å²) in [7, 11) is 0. The van der Waals surface area contributed by atoms with E-state index in [0.717, 1.165) is 23.4 Å². The summed E-state index contributed by atoms with van der Waals surface area (Å²) in [4.78, 5) is 26.6. The Balaban J connectivity index is 1.47. The van der Waals surface area contributed by atoms with E-state index in [4.69, 9.17) is 0 Å². The smallest absolute Gasteiger partial charge is 0.246 e. The molecule has 1 saturated heterocycles. The topological polar surface area (TPSA) is 75.2 Å². The van der Waals surface area contributed by atoms with Gasteiger partial charge in [0.25, 0.3) is 0 Å². The number of piperidine rings is 1. The van der Waals surface area contributed by atoms with E-state index < -0.39 is 0 Å². The molecule has 7 heteroatoms. The van der Waals surface area contributed by atoms with E-state index in [2.05, 4.69) is 22.4 Å². The van der Waals surface area contributed by atoms with Crippen molar-refractivity contribution in [3.8, 4) is 0 Å². The van der Waals surface area contributed by atoms with Crippen LogP contribution >= 0.6 is 11.3 Å². The molecule has 1 aliphatic heterocycles. The van der Waals surface area contributed by atoms with Crippen LogP contribution in [-0.2, 0) is 16.0 Å². The van der Waals surface area contributed by atoms with Crippen molar-refractivity contribution in [2.75, 3.05) is 18.4 Å². The van der Waals surface area contributed by atoms with Crippen molar-refractivity contribution in [3.63, 3.8) is 0 Å². The molecule has 0 radical (unpaired) electrons. The van der Waals surface area contributed by atoms with Crippen LogP contribution in [0.3, 0.4) is 0 Å². The van der Waals surface area contributed by atoms with Gasteiger partial charge < -0.3 is 10.2 Å². The average molecular weight is 385 g/mol. The number of benzene rings is 1. The van der Waals surface area contributed by atoms with Gasteiger partial charge in [-0.3, -0.25) is 9.59 Å². The minimum atomic E-state index is -0.0920. The Hall–Kier alpha value is -2.54. The fourth-order valence-electron chi connectivity index (χ4n) is 3.03. The van der Waals surface area contributed by atoms with Crippen LogP contribution in [0.5, 0.6) is 0 Å². The van der Waals surface area contributed by atoms with Crippen LogP contribution in [0.2, 0.25) is 0 Å². The van der Waals surface area contributed by atoms with Gasteiger partial charge in [0.05, 0.1) is 0 Å². The maximum Gasteiger partial charge on any atom is 0.246 e. The molecular weight excluding hydrogens is 360 g/mol. The number of hydrogen-bond donors (Lipinski definition) is 1. The second-order valence-electron chi connectivity index (χ2n) is 6.58. The van der Waals surface area contributed by atoms with Crippen LogP contribution < -0.4 is 5.32 Å². The standard InChI is InChI=1S/C20H24N4O2S/c1-2-6-17-22-23-20(27-17)21-19(26)16-11-13-24(14-12-16)18(25)10-9-15-7-4-3-5-8-15/h3-5,7-10,16H,2,6,11-14H2,1H3,(H,21,23,26)/b10-9+. The molecule has 0 aliphatic carbocycles. The van der Waals surface area contributed by atoms with Crippen molar-refractivity contribution in [3.05, 3.63) is 47.0 Å². The summed E-state index contributed by atoms with van der Waals surface area (Å²) in [5.41, 5.74) is 1.000. The fraction of sp³-hybridized carbons (Fsp3) is 0.400.